The number of carbonyl (C=O) groups excluding carboxylic acids is 1. The number of anilines is 1. The number of carbonyl (C=O) groups is 1. The smallest absolute Gasteiger partial charge is 0.416 e. The topological polar surface area (TPSA) is 96.5 Å². The summed E-state index contributed by atoms with van der Waals surface area (Å²) < 4.78 is 46.3. The van der Waals surface area contributed by atoms with Crippen molar-refractivity contribution in [3.05, 3.63) is 105 Å². The average Bonchev–Trinajstić information content (AvgIpc) is 2.89. The van der Waals surface area contributed by atoms with E-state index in [-0.39, 0.29) is 17.1 Å². The Kier molecular flexibility index (Phi) is 7.30. The number of fused-ring (bicyclic) bond motifs is 1. The summed E-state index contributed by atoms with van der Waals surface area (Å²) in [5, 5.41) is 12.0. The van der Waals surface area contributed by atoms with E-state index in [1.54, 1.807) is 37.3 Å². The quantitative estimate of drug-likeness (QED) is 0.252. The molecule has 1 amide bonds. The largest absolute Gasteiger partial charge is 0.438 e. The van der Waals surface area contributed by atoms with Gasteiger partial charge in [0.2, 0.25) is 5.88 Å². The Hall–Kier alpha value is -4.91. The third kappa shape index (κ3) is 5.57. The van der Waals surface area contributed by atoms with Crippen LogP contribution in [0.3, 0.4) is 0 Å². The molecule has 2 heterocycles. The molecule has 7 nitrogen and oxygen atoms in total. The first-order valence-electron chi connectivity index (χ1n) is 11.5. The maximum atomic E-state index is 13.4. The van der Waals surface area contributed by atoms with Crippen molar-refractivity contribution >= 4 is 23.3 Å². The molecule has 4 rings (SSSR count). The Balaban J connectivity index is 1.78. The number of nitrogens with one attached hydrogen (secondary N) is 1. The zero-order valence-corrected chi connectivity index (χ0v) is 20.3. The van der Waals surface area contributed by atoms with Crippen molar-refractivity contribution < 1.29 is 22.7 Å². The number of rotatable bonds is 6. The molecule has 0 saturated heterocycles. The van der Waals surface area contributed by atoms with E-state index < -0.39 is 28.8 Å². The summed E-state index contributed by atoms with van der Waals surface area (Å²) in [6, 6.07) is 16.2. The van der Waals surface area contributed by atoms with Crippen LogP contribution in [0.1, 0.15) is 29.2 Å². The minimum Gasteiger partial charge on any atom is -0.438 e. The van der Waals surface area contributed by atoms with Gasteiger partial charge in [0.25, 0.3) is 11.5 Å². The van der Waals surface area contributed by atoms with Gasteiger partial charge in [-0.3, -0.25) is 14.0 Å². The van der Waals surface area contributed by atoms with Crippen molar-refractivity contribution in [3.8, 4) is 17.7 Å². The number of nitrogens with zero attached hydrogens (tertiary/aromatic N) is 3. The van der Waals surface area contributed by atoms with Crippen LogP contribution >= 0.6 is 0 Å². The minimum atomic E-state index is -4.61. The molecule has 38 heavy (non-hydrogen) atoms. The van der Waals surface area contributed by atoms with Crippen LogP contribution in [-0.4, -0.2) is 15.3 Å². The predicted octanol–water partition coefficient (Wildman–Crippen LogP) is 5.92. The lowest BCUT2D eigenvalue weighted by molar-refractivity contribution is -0.137. The van der Waals surface area contributed by atoms with E-state index in [2.05, 4.69) is 10.3 Å². The highest BCUT2D eigenvalue weighted by Crippen LogP contribution is 2.31. The first-order chi connectivity index (χ1) is 18.1. The monoisotopic (exact) mass is 518 g/mol. The lowest BCUT2D eigenvalue weighted by Crippen LogP contribution is -2.21. The van der Waals surface area contributed by atoms with Gasteiger partial charge in [-0.15, -0.1) is 0 Å². The number of benzene rings is 2. The molecule has 0 fully saturated rings. The first kappa shape index (κ1) is 26.2. The second kappa shape index (κ2) is 10.6. The summed E-state index contributed by atoms with van der Waals surface area (Å²) in [5.41, 5.74) is -0.354. The van der Waals surface area contributed by atoms with Gasteiger partial charge < -0.3 is 10.1 Å². The van der Waals surface area contributed by atoms with Crippen molar-refractivity contribution in [1.29, 1.82) is 5.26 Å². The van der Waals surface area contributed by atoms with Crippen molar-refractivity contribution in [1.82, 2.24) is 9.38 Å². The summed E-state index contributed by atoms with van der Waals surface area (Å²) in [7, 11) is 0. The molecule has 0 bridgehead atoms. The SMILES string of the molecule is CCc1ccc(Oc2nc3c(C)cccn3c(=O)c2/C=C(/C#N)C(=O)Nc2cccc(C(F)(F)F)c2)cc1. The number of amides is 1. The second-order valence-corrected chi connectivity index (χ2v) is 8.32. The van der Waals surface area contributed by atoms with Crippen LogP contribution in [0.4, 0.5) is 18.9 Å². The van der Waals surface area contributed by atoms with Gasteiger partial charge in [-0.25, -0.2) is 0 Å². The molecule has 0 aliphatic rings. The molecule has 0 spiro atoms. The Morgan fingerprint density at radius 1 is 1.16 bits per heavy atom. The standard InChI is InChI=1S/C28H21F3N4O3/c1-3-18-9-11-22(12-10-18)38-26-23(27(37)35-13-5-6-17(2)24(35)34-26)14-19(16-32)25(36)33-21-8-4-7-20(15-21)28(29,30)31/h4-15H,3H2,1-2H3,(H,33,36)/b19-14-. The zero-order chi connectivity index (χ0) is 27.4. The summed E-state index contributed by atoms with van der Waals surface area (Å²) in [4.78, 5) is 30.7. The number of pyridine rings is 1. The Morgan fingerprint density at radius 2 is 1.89 bits per heavy atom. The molecule has 0 atom stereocenters. The summed E-state index contributed by atoms with van der Waals surface area (Å²) in [5.74, 6) is -0.749. The highest BCUT2D eigenvalue weighted by molar-refractivity contribution is 6.09. The first-order valence-corrected chi connectivity index (χ1v) is 11.5. The molecule has 2 aromatic heterocycles. The molecule has 0 unspecified atom stereocenters. The van der Waals surface area contributed by atoms with Crippen LogP contribution in [0.15, 0.2) is 77.2 Å². The highest BCUT2D eigenvalue weighted by Gasteiger charge is 2.30. The molecule has 192 valence electrons. The molecule has 10 heteroatoms. The van der Waals surface area contributed by atoms with E-state index in [4.69, 9.17) is 4.74 Å². The second-order valence-electron chi connectivity index (χ2n) is 8.32. The van der Waals surface area contributed by atoms with E-state index in [0.717, 1.165) is 36.3 Å². The Bertz CT molecular complexity index is 1650. The lowest BCUT2D eigenvalue weighted by atomic mass is 10.1. The van der Waals surface area contributed by atoms with E-state index in [0.29, 0.717) is 17.0 Å². The van der Waals surface area contributed by atoms with Crippen LogP contribution in [0.25, 0.3) is 11.7 Å². The summed E-state index contributed by atoms with van der Waals surface area (Å²) in [6.45, 7) is 3.77. The normalized spacial score (nSPS) is 11.7. The molecular formula is C28H21F3N4O3. The number of hydrogen-bond acceptors (Lipinski definition) is 5. The van der Waals surface area contributed by atoms with Gasteiger partial charge in [-0.1, -0.05) is 31.2 Å². The van der Waals surface area contributed by atoms with Crippen LogP contribution in [0, 0.1) is 18.3 Å². The van der Waals surface area contributed by atoms with Gasteiger partial charge in [0.1, 0.15) is 28.6 Å². The molecule has 0 saturated carbocycles. The van der Waals surface area contributed by atoms with Crippen molar-refractivity contribution in [2.75, 3.05) is 5.32 Å². The fourth-order valence-electron chi connectivity index (χ4n) is 3.66. The summed E-state index contributed by atoms with van der Waals surface area (Å²) in [6.07, 6.45) is -1.29. The van der Waals surface area contributed by atoms with E-state index in [9.17, 15) is 28.0 Å². The van der Waals surface area contributed by atoms with Crippen LogP contribution in [0.5, 0.6) is 11.6 Å². The predicted molar refractivity (Wildman–Crippen MR) is 136 cm³/mol. The Labute approximate surface area is 215 Å². The number of halogens is 3. The molecule has 0 radical (unpaired) electrons. The number of hydrogen-bond donors (Lipinski definition) is 1. The molecule has 0 aliphatic carbocycles. The Morgan fingerprint density at radius 3 is 2.55 bits per heavy atom. The van der Waals surface area contributed by atoms with Crippen molar-refractivity contribution in [2.24, 2.45) is 0 Å². The van der Waals surface area contributed by atoms with Crippen molar-refractivity contribution in [2.45, 2.75) is 26.4 Å². The highest BCUT2D eigenvalue weighted by atomic mass is 19.4. The number of ether oxygens (including phenoxy) is 1. The minimum absolute atomic E-state index is 0.131. The van der Waals surface area contributed by atoms with Gasteiger partial charge in [0, 0.05) is 11.9 Å². The molecular weight excluding hydrogens is 497 g/mol. The third-order valence-electron chi connectivity index (χ3n) is 5.70. The van der Waals surface area contributed by atoms with Crippen LogP contribution < -0.4 is 15.6 Å². The van der Waals surface area contributed by atoms with Crippen LogP contribution in [-0.2, 0) is 17.4 Å². The van der Waals surface area contributed by atoms with Crippen molar-refractivity contribution in [3.63, 3.8) is 0 Å². The number of aromatic nitrogens is 2. The molecule has 0 aliphatic heterocycles. The van der Waals surface area contributed by atoms with Gasteiger partial charge >= 0.3 is 6.18 Å². The molecule has 4 aromatic rings. The number of alkyl halides is 3. The van der Waals surface area contributed by atoms with E-state index >= 15 is 0 Å². The van der Waals surface area contributed by atoms with Gasteiger partial charge in [-0.2, -0.15) is 23.4 Å². The third-order valence-corrected chi connectivity index (χ3v) is 5.70. The fraction of sp³-hybridized carbons (Fsp3) is 0.143. The molecule has 1 N–H and O–H groups in total. The van der Waals surface area contributed by atoms with Crippen LogP contribution in [0.2, 0.25) is 0 Å². The maximum absolute atomic E-state index is 13.4. The lowest BCUT2D eigenvalue weighted by Gasteiger charge is -2.12. The summed E-state index contributed by atoms with van der Waals surface area (Å²) >= 11 is 0. The van der Waals surface area contributed by atoms with Gasteiger partial charge in [-0.05, 0) is 66.9 Å². The van der Waals surface area contributed by atoms with E-state index in [1.807, 2.05) is 19.1 Å². The van der Waals surface area contributed by atoms with Gasteiger partial charge in [0.15, 0.2) is 0 Å². The maximum Gasteiger partial charge on any atom is 0.416 e. The molecule has 2 aromatic carbocycles. The number of aryl methyl sites for hydroxylation is 2. The zero-order valence-electron chi connectivity index (χ0n) is 20.3. The van der Waals surface area contributed by atoms with Gasteiger partial charge in [0.05, 0.1) is 5.56 Å². The average molecular weight is 518 g/mol. The van der Waals surface area contributed by atoms with E-state index in [1.165, 1.54) is 16.7 Å². The number of nitriles is 1. The fourth-order valence-corrected chi connectivity index (χ4v) is 3.66.